The highest BCUT2D eigenvalue weighted by atomic mass is 79.9. The van der Waals surface area contributed by atoms with Crippen LogP contribution in [0.1, 0.15) is 55.6 Å². The summed E-state index contributed by atoms with van der Waals surface area (Å²) in [4.78, 5) is 0. The Labute approximate surface area is 585 Å². The van der Waals surface area contributed by atoms with Gasteiger partial charge in [0.25, 0.3) is 0 Å². The maximum absolute atomic E-state index is 3.69. The zero-order valence-electron chi connectivity index (χ0n) is 53.1. The Balaban J connectivity index is 0.000000118. The van der Waals surface area contributed by atoms with E-state index in [2.05, 4.69) is 395 Å². The van der Waals surface area contributed by atoms with Crippen molar-refractivity contribution in [1.29, 1.82) is 0 Å². The second kappa shape index (κ2) is 24.7. The lowest BCUT2D eigenvalue weighted by atomic mass is 9.85. The van der Waals surface area contributed by atoms with Crippen LogP contribution < -0.4 is 0 Å². The van der Waals surface area contributed by atoms with E-state index < -0.39 is 0 Å². The third kappa shape index (κ3) is 10.2. The van der Waals surface area contributed by atoms with Crippen LogP contribution in [0.3, 0.4) is 0 Å². The fraction of sp³-hybridized carbons (Fsp3) is 0. The smallest absolute Gasteiger partial charge is 0.0469 e. The first-order valence-corrected chi connectivity index (χ1v) is 34.8. The molecule has 0 saturated carbocycles. The third-order valence-corrected chi connectivity index (χ3v) is 21.0. The van der Waals surface area contributed by atoms with Crippen LogP contribution in [0.15, 0.2) is 349 Å². The van der Waals surface area contributed by atoms with Crippen molar-refractivity contribution >= 4 is 162 Å². The van der Waals surface area contributed by atoms with E-state index in [0.717, 1.165) is 31.2 Å². The molecular weight excluding hydrogens is 1310 g/mol. The van der Waals surface area contributed by atoms with Crippen molar-refractivity contribution in [1.82, 2.24) is 0 Å². The highest BCUT2D eigenvalue weighted by Gasteiger charge is 2.40. The molecule has 0 N–H and O–H groups in total. The van der Waals surface area contributed by atoms with Gasteiger partial charge in [-0.25, -0.2) is 0 Å². The molecule has 0 amide bonds. The highest BCUT2D eigenvalue weighted by molar-refractivity contribution is 9.10. The van der Waals surface area contributed by atoms with E-state index in [1.165, 1.54) is 163 Å². The van der Waals surface area contributed by atoms with Gasteiger partial charge in [0.05, 0.1) is 0 Å². The average Bonchev–Trinajstić information content (AvgIpc) is 1.53. The van der Waals surface area contributed by atoms with E-state index in [4.69, 9.17) is 0 Å². The Kier molecular flexibility index (Phi) is 14.8. The van der Waals surface area contributed by atoms with Crippen molar-refractivity contribution in [3.05, 3.63) is 404 Å². The van der Waals surface area contributed by atoms with E-state index in [0.29, 0.717) is 0 Å². The molecule has 20 rings (SSSR count). The molecule has 0 heterocycles. The maximum atomic E-state index is 3.69. The molecule has 0 bridgehead atoms. The summed E-state index contributed by atoms with van der Waals surface area (Å²) in [6, 6.07) is 122. The van der Waals surface area contributed by atoms with Gasteiger partial charge in [-0.05, 0) is 232 Å². The Morgan fingerprint density at radius 2 is 0.480 bits per heavy atom. The van der Waals surface area contributed by atoms with Crippen LogP contribution in [0.5, 0.6) is 0 Å². The maximum Gasteiger partial charge on any atom is 0.0469 e. The minimum atomic E-state index is 1.03. The van der Waals surface area contributed by atoms with Gasteiger partial charge in [0.15, 0.2) is 0 Å². The SMILES string of the molecule is Brc1ccc2ccccc2c1C#Cc1c2ccccc2cc2ccccc12.Brc1ccc2ccccc2c1C#Cc1cccc2ccccc12.c1ccc2cc3c(C4=C5C(=C(c6cccc7ccccc67)c6c5ccc5ccccc65)c5ccc6ccccc6c54)cccc3cc2c1. The van der Waals surface area contributed by atoms with Gasteiger partial charge in [0.1, 0.15) is 0 Å². The second-order valence-corrected chi connectivity index (χ2v) is 26.9. The number of allylic oxidation sites excluding steroid dienone is 2. The van der Waals surface area contributed by atoms with Crippen LogP contribution in [-0.2, 0) is 0 Å². The lowest BCUT2D eigenvalue weighted by molar-refractivity contribution is 1.59. The van der Waals surface area contributed by atoms with Crippen molar-refractivity contribution in [3.8, 4) is 23.7 Å². The predicted octanol–water partition coefficient (Wildman–Crippen LogP) is 26.2. The van der Waals surface area contributed by atoms with E-state index in [9.17, 15) is 0 Å². The molecule has 0 fully saturated rings. The highest BCUT2D eigenvalue weighted by Crippen LogP contribution is 2.62. The summed E-state index contributed by atoms with van der Waals surface area (Å²) in [5.74, 6) is 13.7. The van der Waals surface area contributed by atoms with Gasteiger partial charge in [0, 0.05) is 31.2 Å². The molecule has 0 aliphatic heterocycles. The minimum Gasteiger partial charge on any atom is -0.0616 e. The first-order valence-electron chi connectivity index (χ1n) is 33.2. The standard InChI is InChI=1S/C48H28.C26H15Br.C22H13Br/c1-2-15-33-28-42-34(27-32(33)14-1)17-10-22-39(42)46-44-37-20-8-5-13-31(37)24-26-41(44)47-45(38-21-9-16-29-11-3-6-18-35(29)38)43-36-19-7-4-12-30(36)23-25-40(43)48(46)47;27-26-16-13-18-7-1-4-10-21(18)25(26)15-14-24-22-11-5-2-8-19(22)17-20-9-3-6-12-23(20)24;23-22-15-13-18-7-2-4-11-20(18)21(22)14-12-17-9-5-8-16-6-1-3-10-19(16)17/h1-28H;1-13,16-17H;1-11,13,15H. The Bertz CT molecular complexity index is 6530. The molecule has 2 aliphatic rings. The molecule has 454 valence electrons. The number of halogens is 2. The Morgan fingerprint density at radius 1 is 0.173 bits per heavy atom. The summed E-state index contributed by atoms with van der Waals surface area (Å²) in [5.41, 5.74) is 17.5. The summed E-state index contributed by atoms with van der Waals surface area (Å²) >= 11 is 7.33. The number of fused-ring (bicyclic) bond motifs is 17. The fourth-order valence-corrected chi connectivity index (χ4v) is 16.1. The molecule has 0 saturated heterocycles. The molecular formula is C96H56Br2. The Morgan fingerprint density at radius 3 is 0.990 bits per heavy atom. The molecule has 2 aliphatic carbocycles. The minimum absolute atomic E-state index is 1.03. The summed E-state index contributed by atoms with van der Waals surface area (Å²) in [5, 5.41) is 24.8. The lowest BCUT2D eigenvalue weighted by Crippen LogP contribution is -1.96. The van der Waals surface area contributed by atoms with Crippen molar-refractivity contribution in [3.63, 3.8) is 0 Å². The van der Waals surface area contributed by atoms with Crippen molar-refractivity contribution in [2.75, 3.05) is 0 Å². The van der Waals surface area contributed by atoms with Gasteiger partial charge >= 0.3 is 0 Å². The molecule has 0 radical (unpaired) electrons. The summed E-state index contributed by atoms with van der Waals surface area (Å²) in [6.07, 6.45) is 0. The van der Waals surface area contributed by atoms with Crippen LogP contribution in [-0.4, -0.2) is 0 Å². The van der Waals surface area contributed by atoms with Crippen LogP contribution in [0.4, 0.5) is 0 Å². The number of hydrogen-bond acceptors (Lipinski definition) is 0. The van der Waals surface area contributed by atoms with Gasteiger partial charge in [-0.15, -0.1) is 0 Å². The first kappa shape index (κ1) is 58.7. The van der Waals surface area contributed by atoms with Gasteiger partial charge in [-0.3, -0.25) is 0 Å². The van der Waals surface area contributed by atoms with Crippen molar-refractivity contribution in [2.24, 2.45) is 0 Å². The molecule has 0 atom stereocenters. The normalized spacial score (nSPS) is 12.1. The summed E-state index contributed by atoms with van der Waals surface area (Å²) < 4.78 is 2.06. The predicted molar refractivity (Wildman–Crippen MR) is 426 cm³/mol. The van der Waals surface area contributed by atoms with Crippen molar-refractivity contribution < 1.29 is 0 Å². The molecule has 0 aromatic heterocycles. The fourth-order valence-electron chi connectivity index (χ4n) is 15.2. The number of benzene rings is 18. The summed E-state index contributed by atoms with van der Waals surface area (Å²) in [6.45, 7) is 0. The lowest BCUT2D eigenvalue weighted by Gasteiger charge is -2.17. The van der Waals surface area contributed by atoms with Crippen LogP contribution in [0.2, 0.25) is 0 Å². The zero-order valence-corrected chi connectivity index (χ0v) is 56.3. The number of rotatable bonds is 2. The van der Waals surface area contributed by atoms with Crippen LogP contribution >= 0.6 is 31.9 Å². The first-order chi connectivity index (χ1) is 48.5. The topological polar surface area (TPSA) is 0 Å². The molecule has 0 nitrogen and oxygen atoms in total. The number of hydrogen-bond donors (Lipinski definition) is 0. The molecule has 0 unspecified atom stereocenters. The quantitative estimate of drug-likeness (QED) is 0.120. The third-order valence-electron chi connectivity index (χ3n) is 19.7. The van der Waals surface area contributed by atoms with E-state index in [1.54, 1.807) is 0 Å². The molecule has 0 spiro atoms. The molecule has 18 aromatic rings. The molecule has 2 heteroatoms. The van der Waals surface area contributed by atoms with E-state index in [-0.39, 0.29) is 0 Å². The molecule has 18 aromatic carbocycles. The second-order valence-electron chi connectivity index (χ2n) is 25.2. The summed E-state index contributed by atoms with van der Waals surface area (Å²) in [7, 11) is 0. The van der Waals surface area contributed by atoms with Crippen molar-refractivity contribution in [2.45, 2.75) is 0 Å². The average molecular weight is 1370 g/mol. The van der Waals surface area contributed by atoms with E-state index >= 15 is 0 Å². The van der Waals surface area contributed by atoms with Gasteiger partial charge in [-0.2, -0.15) is 0 Å². The van der Waals surface area contributed by atoms with E-state index in [1.807, 2.05) is 0 Å². The van der Waals surface area contributed by atoms with Crippen LogP contribution in [0.25, 0.3) is 130 Å². The van der Waals surface area contributed by atoms with Crippen LogP contribution in [0, 0.1) is 23.7 Å². The van der Waals surface area contributed by atoms with Gasteiger partial charge in [0.2, 0.25) is 0 Å². The van der Waals surface area contributed by atoms with Gasteiger partial charge < -0.3 is 0 Å². The monoisotopic (exact) mass is 1370 g/mol. The van der Waals surface area contributed by atoms with Gasteiger partial charge in [-0.1, -0.05) is 327 Å². The molecule has 98 heavy (non-hydrogen) atoms. The zero-order chi connectivity index (χ0) is 65.2. The largest absolute Gasteiger partial charge is 0.0616 e. The Hall–Kier alpha value is -11.9.